The van der Waals surface area contributed by atoms with Gasteiger partial charge in [0.1, 0.15) is 39.7 Å². The molecular weight excluding hydrogens is 677 g/mol. The Morgan fingerprint density at radius 1 is 1.04 bits per heavy atom. The normalized spacial score (nSPS) is 19.0. The zero-order chi connectivity index (χ0) is 34.4. The maximum atomic E-state index is 14.4. The van der Waals surface area contributed by atoms with Crippen LogP contribution in [-0.4, -0.2) is 70.6 Å². The van der Waals surface area contributed by atoms with Crippen molar-refractivity contribution < 1.29 is 23.7 Å². The fraction of sp³-hybridized carbons (Fsp3) is 0.333. The predicted octanol–water partition coefficient (Wildman–Crippen LogP) is 4.87. The Hall–Kier alpha value is -4.17. The van der Waals surface area contributed by atoms with Crippen LogP contribution in [0.2, 0.25) is 10.0 Å². The van der Waals surface area contributed by atoms with E-state index in [1.807, 2.05) is 40.1 Å². The summed E-state index contributed by atoms with van der Waals surface area (Å²) in [5.41, 5.74) is 2.35. The zero-order valence-electron chi connectivity index (χ0n) is 26.4. The van der Waals surface area contributed by atoms with Gasteiger partial charge in [0, 0.05) is 53.2 Å². The molecule has 6 rings (SSSR count). The fourth-order valence-corrected chi connectivity index (χ4v) is 7.76. The summed E-state index contributed by atoms with van der Waals surface area (Å²) in [5.74, 6) is -0.512. The number of aromatic nitrogens is 4. The molecule has 12 nitrogen and oxygen atoms in total. The molecule has 2 aromatic heterocycles. The molecule has 4 aromatic rings. The Bertz CT molecular complexity index is 1780. The number of anilines is 1. The van der Waals surface area contributed by atoms with Crippen molar-refractivity contribution in [2.45, 2.75) is 62.7 Å². The number of halogens is 2. The number of rotatable bonds is 9. The molecule has 2 unspecified atom stereocenters. The van der Waals surface area contributed by atoms with E-state index in [2.05, 4.69) is 20.3 Å². The third-order valence-corrected chi connectivity index (χ3v) is 10.2. The molecule has 0 bridgehead atoms. The first-order valence-electron chi connectivity index (χ1n) is 15.3. The quantitative estimate of drug-likeness (QED) is 0.234. The molecule has 252 valence electrons. The van der Waals surface area contributed by atoms with Crippen LogP contribution in [0.3, 0.4) is 0 Å². The fourth-order valence-electron chi connectivity index (χ4n) is 5.79. The van der Waals surface area contributed by atoms with Crippen molar-refractivity contribution >= 4 is 58.2 Å². The minimum atomic E-state index is -1.43. The third-order valence-electron chi connectivity index (χ3n) is 8.27. The number of piperidine rings is 1. The Kier molecular flexibility index (Phi) is 11.3. The molecule has 1 fully saturated rings. The van der Waals surface area contributed by atoms with Crippen molar-refractivity contribution in [3.05, 3.63) is 88.8 Å². The molecule has 2 amide bonds. The monoisotopic (exact) mass is 711 g/mol. The van der Waals surface area contributed by atoms with Crippen LogP contribution in [0, 0.1) is 0 Å². The number of aliphatic carboxylic acids is 1. The number of carbonyl (C=O) groups excluding carboxylic acids is 2. The SMILES string of the molecule is CC(NC=O)C(=O)O.C[C@@]1(Cc2ccc(-c3cncnc3)cc2)C(=O)N(c2cc(Cl)cc(Cl)c2)Cc2ncc(S(=O)N3CCCCC3)n21. The molecule has 2 aromatic carbocycles. The van der Waals surface area contributed by atoms with Crippen molar-refractivity contribution in [2.24, 2.45) is 0 Å². The van der Waals surface area contributed by atoms with Gasteiger partial charge in [0.15, 0.2) is 0 Å². The second-order valence-corrected chi connectivity index (χ2v) is 14.0. The number of hydrogen-bond donors (Lipinski definition) is 2. The molecule has 2 aliphatic rings. The van der Waals surface area contributed by atoms with Gasteiger partial charge in [-0.1, -0.05) is 53.9 Å². The summed E-state index contributed by atoms with van der Waals surface area (Å²) in [5, 5.41) is 11.6. The Morgan fingerprint density at radius 3 is 2.27 bits per heavy atom. The highest BCUT2D eigenvalue weighted by Gasteiger charge is 2.47. The standard InChI is InChI=1S/C29H28Cl2N6O2S.C4H7NO3/c1-29(14-20-5-7-21(8-6-20)22-15-32-19-33-16-22)28(38)36(25-12-23(30)11-24(31)13-25)18-26-34-17-27(37(26)29)40(39)35-9-3-2-4-10-35;1-3(4(7)8)5-2-6/h5-8,11-13,15-17,19H,2-4,9-10,14,18H2,1H3;2-3H,1H3,(H,5,6)(H,7,8)/t29-,40?;/m1./s1. The summed E-state index contributed by atoms with van der Waals surface area (Å²) in [6, 6.07) is 12.3. The van der Waals surface area contributed by atoms with Crippen molar-refractivity contribution in [2.75, 3.05) is 18.0 Å². The lowest BCUT2D eigenvalue weighted by molar-refractivity contribution is -0.140. The maximum Gasteiger partial charge on any atom is 0.325 e. The first kappa shape index (κ1) is 35.1. The van der Waals surface area contributed by atoms with Crippen LogP contribution in [-0.2, 0) is 43.9 Å². The summed E-state index contributed by atoms with van der Waals surface area (Å²) in [6.45, 7) is 5.02. The number of hydrogen-bond acceptors (Lipinski definition) is 7. The third kappa shape index (κ3) is 7.75. The molecule has 2 N–H and O–H groups in total. The summed E-state index contributed by atoms with van der Waals surface area (Å²) in [4.78, 5) is 48.4. The van der Waals surface area contributed by atoms with Gasteiger partial charge in [0.2, 0.25) is 6.41 Å². The smallest absolute Gasteiger partial charge is 0.325 e. The highest BCUT2D eigenvalue weighted by Crippen LogP contribution is 2.38. The van der Waals surface area contributed by atoms with E-state index in [0.29, 0.717) is 39.4 Å². The van der Waals surface area contributed by atoms with Crippen LogP contribution in [0.1, 0.15) is 44.5 Å². The molecule has 0 aliphatic carbocycles. The van der Waals surface area contributed by atoms with E-state index in [9.17, 15) is 18.6 Å². The topological polar surface area (TPSA) is 151 Å². The summed E-state index contributed by atoms with van der Waals surface area (Å²) in [7, 11) is -1.43. The molecular formula is C33H35Cl2N7O5S. The maximum absolute atomic E-state index is 14.4. The van der Waals surface area contributed by atoms with Crippen LogP contribution in [0.25, 0.3) is 11.1 Å². The van der Waals surface area contributed by atoms with Gasteiger partial charge >= 0.3 is 5.97 Å². The van der Waals surface area contributed by atoms with E-state index in [1.165, 1.54) is 13.3 Å². The van der Waals surface area contributed by atoms with Crippen molar-refractivity contribution in [1.29, 1.82) is 0 Å². The number of carbonyl (C=O) groups is 3. The van der Waals surface area contributed by atoms with Gasteiger partial charge in [-0.25, -0.2) is 23.5 Å². The molecule has 4 heterocycles. The van der Waals surface area contributed by atoms with E-state index in [1.54, 1.807) is 41.7 Å². The Balaban J connectivity index is 0.000000503. The van der Waals surface area contributed by atoms with Gasteiger partial charge in [0.25, 0.3) is 5.91 Å². The molecule has 1 saturated heterocycles. The molecule has 0 saturated carbocycles. The Labute approximate surface area is 290 Å². The van der Waals surface area contributed by atoms with E-state index in [0.717, 1.165) is 49.0 Å². The Morgan fingerprint density at radius 2 is 1.69 bits per heavy atom. The lowest BCUT2D eigenvalue weighted by atomic mass is 9.88. The molecule has 15 heteroatoms. The number of fused-ring (bicyclic) bond motifs is 1. The van der Waals surface area contributed by atoms with Crippen LogP contribution in [0.4, 0.5) is 5.69 Å². The number of imidazole rings is 1. The van der Waals surface area contributed by atoms with Gasteiger partial charge in [0.05, 0.1) is 12.7 Å². The molecule has 48 heavy (non-hydrogen) atoms. The second kappa shape index (κ2) is 15.4. The molecule has 3 atom stereocenters. The average Bonchev–Trinajstić information content (AvgIpc) is 3.52. The number of amides is 2. The van der Waals surface area contributed by atoms with Gasteiger partial charge < -0.3 is 19.9 Å². The van der Waals surface area contributed by atoms with Crippen molar-refractivity contribution in [1.82, 2.24) is 29.1 Å². The number of carboxylic acids is 1. The van der Waals surface area contributed by atoms with E-state index in [-0.39, 0.29) is 12.5 Å². The van der Waals surface area contributed by atoms with E-state index < -0.39 is 28.5 Å². The molecule has 0 spiro atoms. The summed E-state index contributed by atoms with van der Waals surface area (Å²) < 4.78 is 17.7. The summed E-state index contributed by atoms with van der Waals surface area (Å²) in [6.07, 6.45) is 10.6. The number of benzene rings is 2. The van der Waals surface area contributed by atoms with Gasteiger partial charge in [-0.15, -0.1) is 0 Å². The second-order valence-electron chi connectivity index (χ2n) is 11.7. The van der Waals surface area contributed by atoms with Crippen LogP contribution in [0.5, 0.6) is 0 Å². The highest BCUT2D eigenvalue weighted by atomic mass is 35.5. The number of nitrogens with one attached hydrogen (secondary N) is 1. The lowest BCUT2D eigenvalue weighted by Gasteiger charge is -2.42. The lowest BCUT2D eigenvalue weighted by Crippen LogP contribution is -2.55. The first-order valence-corrected chi connectivity index (χ1v) is 17.2. The van der Waals surface area contributed by atoms with Gasteiger partial charge in [-0.05, 0) is 56.0 Å². The number of nitrogens with zero attached hydrogens (tertiary/aromatic N) is 6. The largest absolute Gasteiger partial charge is 0.480 e. The summed E-state index contributed by atoms with van der Waals surface area (Å²) >= 11 is 12.6. The minimum absolute atomic E-state index is 0.145. The minimum Gasteiger partial charge on any atom is -0.480 e. The van der Waals surface area contributed by atoms with Crippen molar-refractivity contribution in [3.8, 4) is 11.1 Å². The highest BCUT2D eigenvalue weighted by molar-refractivity contribution is 7.82. The van der Waals surface area contributed by atoms with E-state index >= 15 is 0 Å². The van der Waals surface area contributed by atoms with Crippen LogP contribution >= 0.6 is 23.2 Å². The predicted molar refractivity (Wildman–Crippen MR) is 183 cm³/mol. The van der Waals surface area contributed by atoms with Crippen LogP contribution < -0.4 is 10.2 Å². The van der Waals surface area contributed by atoms with Gasteiger partial charge in [-0.3, -0.25) is 14.4 Å². The first-order chi connectivity index (χ1) is 23.0. The zero-order valence-corrected chi connectivity index (χ0v) is 28.7. The van der Waals surface area contributed by atoms with Crippen molar-refractivity contribution in [3.63, 3.8) is 0 Å². The average molecular weight is 713 g/mol. The molecule has 2 aliphatic heterocycles. The molecule has 0 radical (unpaired) electrons. The van der Waals surface area contributed by atoms with Crippen LogP contribution in [0.15, 0.2) is 72.4 Å². The van der Waals surface area contributed by atoms with Gasteiger partial charge in [-0.2, -0.15) is 0 Å². The van der Waals surface area contributed by atoms with E-state index in [4.69, 9.17) is 28.3 Å². The number of carboxylic acid groups (broad SMARTS) is 1.